The molecule has 0 bridgehead atoms. The van der Waals surface area contributed by atoms with Crippen LogP contribution in [0.5, 0.6) is 0 Å². The van der Waals surface area contributed by atoms with E-state index in [1.807, 2.05) is 32.7 Å². The third kappa shape index (κ3) is 2.61. The third-order valence-corrected chi connectivity index (χ3v) is 2.49. The summed E-state index contributed by atoms with van der Waals surface area (Å²) in [6.45, 7) is 8.13. The molecule has 0 N–H and O–H groups in total. The van der Waals surface area contributed by atoms with Crippen LogP contribution in [0, 0.1) is 0 Å². The molecule has 4 heteroatoms. The van der Waals surface area contributed by atoms with Crippen molar-refractivity contribution >= 4 is 6.03 Å². The van der Waals surface area contributed by atoms with Crippen molar-refractivity contribution < 1.29 is 9.53 Å². The van der Waals surface area contributed by atoms with Gasteiger partial charge >= 0.3 is 6.03 Å². The summed E-state index contributed by atoms with van der Waals surface area (Å²) in [7, 11) is 1.83. The lowest BCUT2D eigenvalue weighted by molar-refractivity contribution is -0.0574. The molecule has 0 unspecified atom stereocenters. The average molecular weight is 200 g/mol. The summed E-state index contributed by atoms with van der Waals surface area (Å²) < 4.78 is 5.57. The maximum Gasteiger partial charge on any atom is 0.319 e. The van der Waals surface area contributed by atoms with Gasteiger partial charge in [-0.2, -0.15) is 0 Å². The Hall–Kier alpha value is -0.770. The van der Waals surface area contributed by atoms with Gasteiger partial charge in [0.15, 0.2) is 0 Å². The lowest BCUT2D eigenvalue weighted by atomic mass is 10.2. The molecular formula is C10H20N2O2. The minimum absolute atomic E-state index is 0.106. The topological polar surface area (TPSA) is 32.8 Å². The predicted octanol–water partition coefficient (Wildman–Crippen LogP) is 1.17. The van der Waals surface area contributed by atoms with E-state index in [0.717, 1.165) is 6.54 Å². The minimum atomic E-state index is 0.106. The Morgan fingerprint density at radius 2 is 1.93 bits per heavy atom. The number of carbonyl (C=O) groups is 1. The maximum atomic E-state index is 11.8. The van der Waals surface area contributed by atoms with Crippen LogP contribution in [0.15, 0.2) is 0 Å². The van der Waals surface area contributed by atoms with E-state index >= 15 is 0 Å². The van der Waals surface area contributed by atoms with Crippen LogP contribution in [0.1, 0.15) is 20.8 Å². The summed E-state index contributed by atoms with van der Waals surface area (Å²) >= 11 is 0. The first-order valence-corrected chi connectivity index (χ1v) is 5.20. The molecule has 0 saturated carbocycles. The molecule has 0 aromatic heterocycles. The highest BCUT2D eigenvalue weighted by Crippen LogP contribution is 2.11. The van der Waals surface area contributed by atoms with Gasteiger partial charge in [-0.15, -0.1) is 0 Å². The van der Waals surface area contributed by atoms with Crippen LogP contribution in [0.4, 0.5) is 4.79 Å². The lowest BCUT2D eigenvalue weighted by Crippen LogP contribution is -2.51. The average Bonchev–Trinajstić information content (AvgIpc) is 2.14. The van der Waals surface area contributed by atoms with E-state index in [2.05, 4.69) is 0 Å². The van der Waals surface area contributed by atoms with E-state index in [1.165, 1.54) is 0 Å². The highest BCUT2D eigenvalue weighted by atomic mass is 16.5. The van der Waals surface area contributed by atoms with Gasteiger partial charge in [0, 0.05) is 26.7 Å². The number of carbonyl (C=O) groups excluding carboxylic acids is 1. The van der Waals surface area contributed by atoms with E-state index < -0.39 is 0 Å². The summed E-state index contributed by atoms with van der Waals surface area (Å²) in [5.74, 6) is 0. The molecule has 2 amide bonds. The molecule has 14 heavy (non-hydrogen) atoms. The lowest BCUT2D eigenvalue weighted by Gasteiger charge is -2.37. The van der Waals surface area contributed by atoms with Gasteiger partial charge in [0.2, 0.25) is 0 Å². The van der Waals surface area contributed by atoms with Gasteiger partial charge in [-0.25, -0.2) is 4.79 Å². The molecule has 0 spiro atoms. The fraction of sp³-hybridized carbons (Fsp3) is 0.900. The molecule has 2 atom stereocenters. The van der Waals surface area contributed by atoms with Crippen molar-refractivity contribution in [2.45, 2.75) is 33.0 Å². The number of rotatable bonds is 1. The second-order valence-electron chi connectivity index (χ2n) is 3.96. The second kappa shape index (κ2) is 4.64. The molecule has 1 rings (SSSR count). The summed E-state index contributed by atoms with van der Waals surface area (Å²) in [4.78, 5) is 15.4. The highest BCUT2D eigenvalue weighted by Gasteiger charge is 2.26. The molecule has 0 aromatic carbocycles. The Morgan fingerprint density at radius 3 is 2.36 bits per heavy atom. The van der Waals surface area contributed by atoms with Crippen LogP contribution in [0.25, 0.3) is 0 Å². The normalized spacial score (nSPS) is 27.6. The number of amides is 2. The van der Waals surface area contributed by atoms with Crippen LogP contribution < -0.4 is 0 Å². The molecule has 1 saturated heterocycles. The molecule has 4 nitrogen and oxygen atoms in total. The molecule has 1 aliphatic heterocycles. The number of ether oxygens (including phenoxy) is 1. The fourth-order valence-corrected chi connectivity index (χ4v) is 1.71. The minimum Gasteiger partial charge on any atom is -0.372 e. The Bertz CT molecular complexity index is 198. The zero-order chi connectivity index (χ0) is 10.7. The molecule has 0 aromatic rings. The standard InChI is InChI=1S/C10H20N2O2/c1-5-11(4)10(13)12-6-8(2)14-9(3)7-12/h8-9H,5-7H2,1-4H3/t8-,9+. The Labute approximate surface area is 85.8 Å². The van der Waals surface area contributed by atoms with Crippen molar-refractivity contribution in [3.05, 3.63) is 0 Å². The Kier molecular flexibility index (Phi) is 3.75. The van der Waals surface area contributed by atoms with Gasteiger partial charge in [0.25, 0.3) is 0 Å². The number of morpholine rings is 1. The quantitative estimate of drug-likeness (QED) is 0.636. The molecule has 1 fully saturated rings. The summed E-state index contributed by atoms with van der Waals surface area (Å²) in [6, 6.07) is 0.106. The fourth-order valence-electron chi connectivity index (χ4n) is 1.71. The summed E-state index contributed by atoms with van der Waals surface area (Å²) in [5.41, 5.74) is 0. The number of hydrogen-bond acceptors (Lipinski definition) is 2. The Morgan fingerprint density at radius 1 is 1.43 bits per heavy atom. The molecule has 0 aliphatic carbocycles. The van der Waals surface area contributed by atoms with E-state index in [4.69, 9.17) is 4.74 Å². The van der Waals surface area contributed by atoms with Crippen LogP contribution >= 0.6 is 0 Å². The first kappa shape index (κ1) is 11.3. The summed E-state index contributed by atoms with van der Waals surface area (Å²) in [5, 5.41) is 0. The first-order chi connectivity index (χ1) is 6.54. The zero-order valence-corrected chi connectivity index (χ0v) is 9.49. The molecular weight excluding hydrogens is 180 g/mol. The van der Waals surface area contributed by atoms with Crippen molar-refractivity contribution in [1.82, 2.24) is 9.80 Å². The number of hydrogen-bond donors (Lipinski definition) is 0. The van der Waals surface area contributed by atoms with E-state index in [0.29, 0.717) is 13.1 Å². The van der Waals surface area contributed by atoms with Crippen molar-refractivity contribution in [2.75, 3.05) is 26.7 Å². The largest absolute Gasteiger partial charge is 0.372 e. The van der Waals surface area contributed by atoms with Crippen molar-refractivity contribution in [1.29, 1.82) is 0 Å². The van der Waals surface area contributed by atoms with Crippen molar-refractivity contribution in [3.63, 3.8) is 0 Å². The molecule has 1 aliphatic rings. The van der Waals surface area contributed by atoms with Gasteiger partial charge < -0.3 is 14.5 Å². The third-order valence-electron chi connectivity index (χ3n) is 2.49. The van der Waals surface area contributed by atoms with Crippen molar-refractivity contribution in [3.8, 4) is 0 Å². The Balaban J connectivity index is 2.54. The van der Waals surface area contributed by atoms with Crippen LogP contribution in [-0.4, -0.2) is 54.7 Å². The van der Waals surface area contributed by atoms with Gasteiger partial charge in [-0.3, -0.25) is 0 Å². The van der Waals surface area contributed by atoms with Crippen LogP contribution in [0.3, 0.4) is 0 Å². The molecule has 0 radical (unpaired) electrons. The van der Waals surface area contributed by atoms with Crippen LogP contribution in [0.2, 0.25) is 0 Å². The maximum absolute atomic E-state index is 11.8. The van der Waals surface area contributed by atoms with Gasteiger partial charge in [0.05, 0.1) is 12.2 Å². The highest BCUT2D eigenvalue weighted by molar-refractivity contribution is 5.74. The van der Waals surface area contributed by atoms with Gasteiger partial charge in [0.1, 0.15) is 0 Å². The predicted molar refractivity (Wildman–Crippen MR) is 55.3 cm³/mol. The monoisotopic (exact) mass is 200 g/mol. The SMILES string of the molecule is CCN(C)C(=O)N1C[C@@H](C)O[C@@H](C)C1. The summed E-state index contributed by atoms with van der Waals surface area (Å²) in [6.07, 6.45) is 0.293. The van der Waals surface area contributed by atoms with Crippen molar-refractivity contribution in [2.24, 2.45) is 0 Å². The zero-order valence-electron chi connectivity index (χ0n) is 9.49. The second-order valence-corrected chi connectivity index (χ2v) is 3.96. The first-order valence-electron chi connectivity index (χ1n) is 5.20. The molecule has 82 valence electrons. The number of urea groups is 1. The molecule has 1 heterocycles. The van der Waals surface area contributed by atoms with Crippen LogP contribution in [-0.2, 0) is 4.74 Å². The van der Waals surface area contributed by atoms with Gasteiger partial charge in [-0.05, 0) is 20.8 Å². The number of nitrogens with zero attached hydrogens (tertiary/aromatic N) is 2. The van der Waals surface area contributed by atoms with E-state index in [-0.39, 0.29) is 18.2 Å². The van der Waals surface area contributed by atoms with E-state index in [9.17, 15) is 4.79 Å². The smallest absolute Gasteiger partial charge is 0.319 e. The van der Waals surface area contributed by atoms with E-state index in [1.54, 1.807) is 4.90 Å². The van der Waals surface area contributed by atoms with Gasteiger partial charge in [-0.1, -0.05) is 0 Å².